The molecule has 0 aliphatic heterocycles. The quantitative estimate of drug-likeness (QED) is 0.903. The van der Waals surface area contributed by atoms with Crippen molar-refractivity contribution in [2.24, 2.45) is 5.73 Å². The highest BCUT2D eigenvalue weighted by atomic mass is 19.1. The molecule has 0 amide bonds. The summed E-state index contributed by atoms with van der Waals surface area (Å²) in [4.78, 5) is 6.01. The standard InChI is InChI=1S/C14H16FN3/c1-10(16)11-7-8-14(17-9-11)18(2)13-6-4-3-5-12(13)15/h3-10H,16H2,1-2H3/t10-/m1/s1. The van der Waals surface area contributed by atoms with Gasteiger partial charge in [-0.15, -0.1) is 0 Å². The average Bonchev–Trinajstić information content (AvgIpc) is 2.38. The molecule has 0 unspecified atom stereocenters. The number of hydrogen-bond donors (Lipinski definition) is 1. The molecule has 0 spiro atoms. The third-order valence-corrected chi connectivity index (χ3v) is 2.85. The first-order valence-electron chi connectivity index (χ1n) is 5.79. The Labute approximate surface area is 106 Å². The highest BCUT2D eigenvalue weighted by molar-refractivity contribution is 5.59. The van der Waals surface area contributed by atoms with Crippen LogP contribution in [0.5, 0.6) is 0 Å². The summed E-state index contributed by atoms with van der Waals surface area (Å²) in [6, 6.07) is 10.3. The largest absolute Gasteiger partial charge is 0.327 e. The monoisotopic (exact) mass is 245 g/mol. The maximum atomic E-state index is 13.6. The highest BCUT2D eigenvalue weighted by Gasteiger charge is 2.10. The number of pyridine rings is 1. The molecule has 2 N–H and O–H groups in total. The van der Waals surface area contributed by atoms with Gasteiger partial charge in [0.2, 0.25) is 0 Å². The number of halogens is 1. The molecular weight excluding hydrogens is 229 g/mol. The second kappa shape index (κ2) is 5.14. The van der Waals surface area contributed by atoms with Crippen molar-refractivity contribution >= 4 is 11.5 Å². The van der Waals surface area contributed by atoms with Crippen LogP contribution in [0.1, 0.15) is 18.5 Å². The zero-order valence-corrected chi connectivity index (χ0v) is 10.5. The van der Waals surface area contributed by atoms with E-state index in [9.17, 15) is 4.39 Å². The van der Waals surface area contributed by atoms with Crippen molar-refractivity contribution in [2.75, 3.05) is 11.9 Å². The summed E-state index contributed by atoms with van der Waals surface area (Å²) in [6.45, 7) is 1.90. The van der Waals surface area contributed by atoms with Gasteiger partial charge in [0.15, 0.2) is 0 Å². The number of anilines is 2. The molecular formula is C14H16FN3. The zero-order chi connectivity index (χ0) is 13.1. The Morgan fingerprint density at radius 2 is 1.94 bits per heavy atom. The van der Waals surface area contributed by atoms with Gasteiger partial charge in [-0.05, 0) is 30.7 Å². The Morgan fingerprint density at radius 3 is 2.50 bits per heavy atom. The lowest BCUT2D eigenvalue weighted by atomic mass is 10.1. The van der Waals surface area contributed by atoms with Gasteiger partial charge in [-0.25, -0.2) is 9.37 Å². The van der Waals surface area contributed by atoms with E-state index in [1.807, 2.05) is 19.1 Å². The molecule has 94 valence electrons. The van der Waals surface area contributed by atoms with Gasteiger partial charge in [-0.2, -0.15) is 0 Å². The summed E-state index contributed by atoms with van der Waals surface area (Å²) in [5, 5.41) is 0. The molecule has 18 heavy (non-hydrogen) atoms. The van der Waals surface area contributed by atoms with Crippen molar-refractivity contribution in [1.29, 1.82) is 0 Å². The minimum atomic E-state index is -0.266. The number of hydrogen-bond acceptors (Lipinski definition) is 3. The van der Waals surface area contributed by atoms with E-state index in [1.54, 1.807) is 36.3 Å². The minimum Gasteiger partial charge on any atom is -0.327 e. The normalized spacial score (nSPS) is 12.2. The number of nitrogens with two attached hydrogens (primary N) is 1. The first-order chi connectivity index (χ1) is 8.59. The number of benzene rings is 1. The molecule has 1 aromatic heterocycles. The van der Waals surface area contributed by atoms with Gasteiger partial charge < -0.3 is 10.6 Å². The maximum absolute atomic E-state index is 13.6. The first kappa shape index (κ1) is 12.5. The van der Waals surface area contributed by atoms with Crippen molar-refractivity contribution in [3.8, 4) is 0 Å². The molecule has 1 heterocycles. The minimum absolute atomic E-state index is 0.0506. The summed E-state index contributed by atoms with van der Waals surface area (Å²) in [5.41, 5.74) is 7.22. The first-order valence-corrected chi connectivity index (χ1v) is 5.79. The number of nitrogens with zero attached hydrogens (tertiary/aromatic N) is 2. The Hall–Kier alpha value is -1.94. The second-order valence-corrected chi connectivity index (χ2v) is 4.25. The van der Waals surface area contributed by atoms with Crippen LogP contribution in [0.2, 0.25) is 0 Å². The lowest BCUT2D eigenvalue weighted by Gasteiger charge is -2.19. The molecule has 0 aliphatic carbocycles. The topological polar surface area (TPSA) is 42.1 Å². The van der Waals surface area contributed by atoms with Crippen LogP contribution < -0.4 is 10.6 Å². The maximum Gasteiger partial charge on any atom is 0.146 e. The van der Waals surface area contributed by atoms with Crippen LogP contribution in [-0.4, -0.2) is 12.0 Å². The molecule has 0 radical (unpaired) electrons. The molecule has 3 nitrogen and oxygen atoms in total. The number of para-hydroxylation sites is 1. The van der Waals surface area contributed by atoms with Gasteiger partial charge >= 0.3 is 0 Å². The second-order valence-electron chi connectivity index (χ2n) is 4.25. The van der Waals surface area contributed by atoms with E-state index < -0.39 is 0 Å². The number of rotatable bonds is 3. The summed E-state index contributed by atoms with van der Waals surface area (Å²) in [5.74, 6) is 0.419. The van der Waals surface area contributed by atoms with Crippen LogP contribution in [0.15, 0.2) is 42.6 Å². The average molecular weight is 245 g/mol. The van der Waals surface area contributed by atoms with Crippen molar-refractivity contribution in [3.63, 3.8) is 0 Å². The summed E-state index contributed by atoms with van der Waals surface area (Å²) >= 11 is 0. The van der Waals surface area contributed by atoms with Gasteiger partial charge in [0.05, 0.1) is 5.69 Å². The fourth-order valence-electron chi connectivity index (χ4n) is 1.71. The van der Waals surface area contributed by atoms with Gasteiger partial charge in [-0.1, -0.05) is 18.2 Å². The van der Waals surface area contributed by atoms with Crippen molar-refractivity contribution in [2.45, 2.75) is 13.0 Å². The SMILES string of the molecule is C[C@@H](N)c1ccc(N(C)c2ccccc2F)nc1. The highest BCUT2D eigenvalue weighted by Crippen LogP contribution is 2.24. The fraction of sp³-hybridized carbons (Fsp3) is 0.214. The lowest BCUT2D eigenvalue weighted by molar-refractivity contribution is 0.627. The Kier molecular flexibility index (Phi) is 3.58. The van der Waals surface area contributed by atoms with Crippen LogP contribution >= 0.6 is 0 Å². The Balaban J connectivity index is 2.29. The Bertz CT molecular complexity index is 523. The zero-order valence-electron chi connectivity index (χ0n) is 10.5. The molecule has 1 atom stereocenters. The predicted molar refractivity (Wildman–Crippen MR) is 71.3 cm³/mol. The van der Waals surface area contributed by atoms with Gasteiger partial charge in [-0.3, -0.25) is 0 Å². The molecule has 0 aliphatic rings. The smallest absolute Gasteiger partial charge is 0.146 e. The number of aromatic nitrogens is 1. The van der Waals surface area contributed by atoms with Crippen molar-refractivity contribution in [3.05, 3.63) is 54.0 Å². The van der Waals surface area contributed by atoms with Gasteiger partial charge in [0, 0.05) is 19.3 Å². The molecule has 2 aromatic rings. The van der Waals surface area contributed by atoms with Crippen LogP contribution in [0.3, 0.4) is 0 Å². The Morgan fingerprint density at radius 1 is 1.22 bits per heavy atom. The van der Waals surface area contributed by atoms with Crippen LogP contribution in [0.25, 0.3) is 0 Å². The summed E-state index contributed by atoms with van der Waals surface area (Å²) in [7, 11) is 1.78. The van der Waals surface area contributed by atoms with E-state index in [4.69, 9.17) is 5.73 Å². The molecule has 2 rings (SSSR count). The molecule has 0 fully saturated rings. The van der Waals surface area contributed by atoms with Gasteiger partial charge in [0.1, 0.15) is 11.6 Å². The fourth-order valence-corrected chi connectivity index (χ4v) is 1.71. The van der Waals surface area contributed by atoms with Crippen molar-refractivity contribution in [1.82, 2.24) is 4.98 Å². The van der Waals surface area contributed by atoms with E-state index in [1.165, 1.54) is 6.07 Å². The van der Waals surface area contributed by atoms with E-state index in [-0.39, 0.29) is 11.9 Å². The lowest BCUT2D eigenvalue weighted by Crippen LogP contribution is -2.13. The van der Waals surface area contributed by atoms with E-state index in [2.05, 4.69) is 4.98 Å². The third kappa shape index (κ3) is 2.49. The third-order valence-electron chi connectivity index (χ3n) is 2.85. The van der Waals surface area contributed by atoms with Crippen LogP contribution in [0.4, 0.5) is 15.9 Å². The van der Waals surface area contributed by atoms with E-state index in [0.717, 1.165) is 5.56 Å². The van der Waals surface area contributed by atoms with E-state index in [0.29, 0.717) is 11.5 Å². The summed E-state index contributed by atoms with van der Waals surface area (Å²) < 4.78 is 13.6. The molecule has 0 bridgehead atoms. The van der Waals surface area contributed by atoms with E-state index >= 15 is 0 Å². The van der Waals surface area contributed by atoms with Crippen LogP contribution in [-0.2, 0) is 0 Å². The molecule has 1 aromatic carbocycles. The van der Waals surface area contributed by atoms with Crippen LogP contribution in [0, 0.1) is 5.82 Å². The molecule has 0 saturated carbocycles. The molecule has 4 heteroatoms. The van der Waals surface area contributed by atoms with Crippen molar-refractivity contribution < 1.29 is 4.39 Å². The predicted octanol–water partition coefficient (Wildman–Crippen LogP) is 3.01. The summed E-state index contributed by atoms with van der Waals surface area (Å²) in [6.07, 6.45) is 1.72. The molecule has 0 saturated heterocycles. The van der Waals surface area contributed by atoms with Gasteiger partial charge in [0.25, 0.3) is 0 Å².